The van der Waals surface area contributed by atoms with Crippen LogP contribution in [0.1, 0.15) is 18.1 Å². The van der Waals surface area contributed by atoms with Gasteiger partial charge < -0.3 is 9.84 Å². The Hall–Kier alpha value is -2.04. The lowest BCUT2D eigenvalue weighted by Crippen LogP contribution is -2.38. The highest BCUT2D eigenvalue weighted by Gasteiger charge is 2.41. The van der Waals surface area contributed by atoms with Gasteiger partial charge in [0.2, 0.25) is 5.60 Å². The van der Waals surface area contributed by atoms with Gasteiger partial charge in [-0.15, -0.1) is 0 Å². The van der Waals surface area contributed by atoms with Crippen molar-refractivity contribution in [1.29, 1.82) is 0 Å². The van der Waals surface area contributed by atoms with E-state index in [2.05, 4.69) is 0 Å². The highest BCUT2D eigenvalue weighted by Crippen LogP contribution is 2.32. The van der Waals surface area contributed by atoms with Crippen LogP contribution in [0.3, 0.4) is 0 Å². The van der Waals surface area contributed by atoms with Crippen LogP contribution in [0.25, 0.3) is 0 Å². The van der Waals surface area contributed by atoms with Crippen molar-refractivity contribution in [2.75, 3.05) is 6.61 Å². The van der Waals surface area contributed by atoms with Gasteiger partial charge in [0, 0.05) is 15.1 Å². The van der Waals surface area contributed by atoms with Gasteiger partial charge in [0.1, 0.15) is 0 Å². The average molecular weight is 438 g/mol. The van der Waals surface area contributed by atoms with Gasteiger partial charge >= 0.3 is 5.97 Å². The van der Waals surface area contributed by atoms with Crippen molar-refractivity contribution in [2.45, 2.75) is 12.5 Å². The number of esters is 1. The Morgan fingerprint density at radius 3 is 1.50 bits per heavy atom. The maximum atomic E-state index is 12.3. The van der Waals surface area contributed by atoms with Crippen molar-refractivity contribution in [3.63, 3.8) is 0 Å². The number of ether oxygens (including phenoxy) is 1. The number of carbonyl (C=O) groups excluding carboxylic acids is 1. The van der Waals surface area contributed by atoms with Crippen LogP contribution < -0.4 is 0 Å². The number of aliphatic hydroxyl groups is 1. The first-order chi connectivity index (χ1) is 13.4. The lowest BCUT2D eigenvalue weighted by atomic mass is 9.86. The molecule has 146 valence electrons. The molecule has 1 N–H and O–H groups in total. The first-order valence-corrected chi connectivity index (χ1v) is 9.63. The minimum Gasteiger partial charge on any atom is -0.463 e. The normalized spacial score (nSPS) is 10.6. The van der Waals surface area contributed by atoms with E-state index in [1.54, 1.807) is 55.5 Å². The monoisotopic (exact) mass is 436 g/mol. The molecule has 0 heterocycles. The number of rotatable bonds is 4. The lowest BCUT2D eigenvalue weighted by Gasteiger charge is -2.27. The molecule has 0 unspecified atom stereocenters. The Balaban J connectivity index is 0.000000336. The summed E-state index contributed by atoms with van der Waals surface area (Å²) in [5, 5.41) is 12.8. The number of benzene rings is 3. The molecular weight excluding hydrogens is 419 g/mol. The summed E-state index contributed by atoms with van der Waals surface area (Å²) in [6.07, 6.45) is 0. The molecule has 0 saturated heterocycles. The summed E-state index contributed by atoms with van der Waals surface area (Å²) in [5.41, 5.74) is -1.13. The van der Waals surface area contributed by atoms with Crippen molar-refractivity contribution in [3.05, 3.63) is 105 Å². The van der Waals surface area contributed by atoms with Crippen LogP contribution in [-0.2, 0) is 15.1 Å². The quantitative estimate of drug-likeness (QED) is 0.499. The van der Waals surface area contributed by atoms with Crippen LogP contribution in [0, 0.1) is 0 Å². The van der Waals surface area contributed by atoms with E-state index in [0.717, 1.165) is 5.02 Å². The van der Waals surface area contributed by atoms with E-state index < -0.39 is 11.6 Å². The summed E-state index contributed by atoms with van der Waals surface area (Å²) < 4.78 is 5.02. The van der Waals surface area contributed by atoms with Gasteiger partial charge in [0.25, 0.3) is 0 Å². The maximum absolute atomic E-state index is 12.3. The van der Waals surface area contributed by atoms with Gasteiger partial charge in [-0.25, -0.2) is 4.79 Å². The first-order valence-electron chi connectivity index (χ1n) is 8.50. The van der Waals surface area contributed by atoms with Crippen LogP contribution in [0.15, 0.2) is 78.9 Å². The van der Waals surface area contributed by atoms with Crippen molar-refractivity contribution in [2.24, 2.45) is 0 Å². The van der Waals surface area contributed by atoms with E-state index in [-0.39, 0.29) is 6.61 Å². The highest BCUT2D eigenvalue weighted by atomic mass is 35.5. The number of halogens is 3. The average Bonchev–Trinajstić information content (AvgIpc) is 2.70. The summed E-state index contributed by atoms with van der Waals surface area (Å²) in [6, 6.07) is 22.2. The smallest absolute Gasteiger partial charge is 0.347 e. The fourth-order valence-corrected chi connectivity index (χ4v) is 2.83. The van der Waals surface area contributed by atoms with Crippen molar-refractivity contribution in [3.8, 4) is 0 Å². The second kappa shape index (κ2) is 10.5. The molecule has 6 heteroatoms. The molecule has 0 aliphatic carbocycles. The molecule has 28 heavy (non-hydrogen) atoms. The molecule has 0 aromatic heterocycles. The fraction of sp³-hybridized carbons (Fsp3) is 0.136. The van der Waals surface area contributed by atoms with Gasteiger partial charge in [0.05, 0.1) is 6.61 Å². The van der Waals surface area contributed by atoms with Gasteiger partial charge in [-0.3, -0.25) is 0 Å². The van der Waals surface area contributed by atoms with Gasteiger partial charge in [-0.2, -0.15) is 0 Å². The van der Waals surface area contributed by atoms with E-state index in [0.29, 0.717) is 21.2 Å². The van der Waals surface area contributed by atoms with Crippen LogP contribution in [0.5, 0.6) is 0 Å². The summed E-state index contributed by atoms with van der Waals surface area (Å²) in [6.45, 7) is 1.85. The molecule has 3 aromatic carbocycles. The first kappa shape index (κ1) is 22.3. The van der Waals surface area contributed by atoms with E-state index in [9.17, 15) is 9.90 Å². The minimum absolute atomic E-state index is 0.169. The van der Waals surface area contributed by atoms with Crippen LogP contribution in [-0.4, -0.2) is 17.7 Å². The van der Waals surface area contributed by atoms with Crippen LogP contribution in [0.2, 0.25) is 15.1 Å². The molecular formula is C22H19Cl3O3. The second-order valence-electron chi connectivity index (χ2n) is 5.74. The Kier molecular flexibility index (Phi) is 8.34. The zero-order valence-corrected chi connectivity index (χ0v) is 17.4. The fourth-order valence-electron chi connectivity index (χ4n) is 2.43. The Labute approximate surface area is 179 Å². The molecule has 0 bridgehead atoms. The number of hydrogen-bond donors (Lipinski definition) is 1. The van der Waals surface area contributed by atoms with Gasteiger partial charge in [-0.1, -0.05) is 77.3 Å². The Morgan fingerprint density at radius 2 is 1.18 bits per heavy atom. The Bertz CT molecular complexity index is 834. The molecule has 3 nitrogen and oxygen atoms in total. The molecule has 3 rings (SSSR count). The maximum Gasteiger partial charge on any atom is 0.347 e. The van der Waals surface area contributed by atoms with Crippen molar-refractivity contribution < 1.29 is 14.6 Å². The molecule has 0 fully saturated rings. The third-order valence-corrected chi connectivity index (χ3v) is 4.58. The molecule has 3 aromatic rings. The molecule has 0 amide bonds. The molecule has 0 aliphatic heterocycles. The summed E-state index contributed by atoms with van der Waals surface area (Å²) in [4.78, 5) is 12.3. The van der Waals surface area contributed by atoms with Crippen LogP contribution >= 0.6 is 34.8 Å². The standard InChI is InChI=1S/C16H14Cl2O3.C6H5Cl/c1-2-21-15(19)16(20,11-3-7-13(17)8-4-11)12-5-9-14(18)10-6-12;7-6-4-2-1-3-5-6/h3-10,20H,2H2,1H3;1-5H. The molecule has 0 aliphatic rings. The topological polar surface area (TPSA) is 46.5 Å². The summed E-state index contributed by atoms with van der Waals surface area (Å²) in [7, 11) is 0. The zero-order chi connectivity index (χ0) is 20.6. The Morgan fingerprint density at radius 1 is 0.786 bits per heavy atom. The predicted molar refractivity (Wildman–Crippen MR) is 114 cm³/mol. The van der Waals surface area contributed by atoms with Crippen molar-refractivity contribution >= 4 is 40.8 Å². The van der Waals surface area contributed by atoms with Gasteiger partial charge in [-0.05, 0) is 54.4 Å². The third kappa shape index (κ3) is 5.73. The number of carbonyl (C=O) groups is 1. The number of hydrogen-bond acceptors (Lipinski definition) is 3. The molecule has 0 saturated carbocycles. The van der Waals surface area contributed by atoms with Gasteiger partial charge in [0.15, 0.2) is 0 Å². The van der Waals surface area contributed by atoms with Crippen LogP contribution in [0.4, 0.5) is 0 Å². The summed E-state index contributed by atoms with van der Waals surface area (Å²) in [5.74, 6) is -0.741. The molecule has 0 radical (unpaired) electrons. The van der Waals surface area contributed by atoms with E-state index in [1.807, 2.05) is 30.3 Å². The summed E-state index contributed by atoms with van der Waals surface area (Å²) >= 11 is 17.2. The van der Waals surface area contributed by atoms with Crippen molar-refractivity contribution in [1.82, 2.24) is 0 Å². The lowest BCUT2D eigenvalue weighted by molar-refractivity contribution is -0.161. The predicted octanol–water partition coefficient (Wildman–Crippen LogP) is 6.13. The third-order valence-electron chi connectivity index (χ3n) is 3.83. The minimum atomic E-state index is -1.90. The SMILES string of the molecule is CCOC(=O)C(O)(c1ccc(Cl)cc1)c1ccc(Cl)cc1.Clc1ccccc1. The van der Waals surface area contributed by atoms with E-state index in [4.69, 9.17) is 39.5 Å². The van der Waals surface area contributed by atoms with E-state index in [1.165, 1.54) is 0 Å². The van der Waals surface area contributed by atoms with E-state index >= 15 is 0 Å². The molecule has 0 spiro atoms. The second-order valence-corrected chi connectivity index (χ2v) is 7.05. The molecule has 0 atom stereocenters. The largest absolute Gasteiger partial charge is 0.463 e. The highest BCUT2D eigenvalue weighted by molar-refractivity contribution is 6.31. The zero-order valence-electron chi connectivity index (χ0n) is 15.1.